The van der Waals surface area contributed by atoms with E-state index >= 15 is 0 Å². The zero-order chi connectivity index (χ0) is 13.7. The number of nitrogens with one attached hydrogen (secondary N) is 2. The molecule has 0 aromatic carbocycles. The number of imide groups is 1. The minimum Gasteiger partial charge on any atom is -0.326 e. The van der Waals surface area contributed by atoms with E-state index in [4.69, 9.17) is 11.5 Å². The van der Waals surface area contributed by atoms with Gasteiger partial charge in [-0.15, -0.1) is 0 Å². The van der Waals surface area contributed by atoms with Gasteiger partial charge in [0.2, 0.25) is 0 Å². The average molecular weight is 257 g/mol. The Labute approximate surface area is 105 Å². The van der Waals surface area contributed by atoms with Crippen LogP contribution in [0.15, 0.2) is 0 Å². The van der Waals surface area contributed by atoms with Crippen molar-refractivity contribution in [3.8, 4) is 0 Å². The van der Waals surface area contributed by atoms with Crippen LogP contribution in [0.4, 0.5) is 4.79 Å². The summed E-state index contributed by atoms with van der Waals surface area (Å²) in [6, 6.07) is -1.07. The van der Waals surface area contributed by atoms with Gasteiger partial charge in [0, 0.05) is 0 Å². The molecule has 1 aliphatic rings. The minimum atomic E-state index is -0.590. The van der Waals surface area contributed by atoms with Crippen molar-refractivity contribution < 1.29 is 14.4 Å². The molecular weight excluding hydrogens is 238 g/mol. The molecule has 1 heterocycles. The lowest BCUT2D eigenvalue weighted by Gasteiger charge is -2.11. The lowest BCUT2D eigenvalue weighted by atomic mass is 10.1. The molecule has 6 N–H and O–H groups in total. The van der Waals surface area contributed by atoms with Crippen molar-refractivity contribution >= 4 is 17.7 Å². The Balaban J connectivity index is 2.38. The van der Waals surface area contributed by atoms with Crippen molar-refractivity contribution in [2.75, 3.05) is 13.1 Å². The summed E-state index contributed by atoms with van der Waals surface area (Å²) in [5.74, 6) is -0.581. The van der Waals surface area contributed by atoms with Crippen LogP contribution in [-0.4, -0.2) is 48.0 Å². The van der Waals surface area contributed by atoms with Crippen LogP contribution in [0.2, 0.25) is 0 Å². The molecule has 8 heteroatoms. The van der Waals surface area contributed by atoms with Crippen molar-refractivity contribution in [1.82, 2.24) is 15.5 Å². The highest BCUT2D eigenvalue weighted by atomic mass is 16.2. The molecule has 3 amide bonds. The first-order chi connectivity index (χ1) is 8.41. The van der Waals surface area contributed by atoms with E-state index in [2.05, 4.69) is 10.6 Å². The Morgan fingerprint density at radius 2 is 2.17 bits per heavy atom. The molecule has 0 aliphatic carbocycles. The maximum Gasteiger partial charge on any atom is 0.325 e. The molecular formula is C10H19N5O3. The van der Waals surface area contributed by atoms with Crippen LogP contribution >= 0.6 is 0 Å². The van der Waals surface area contributed by atoms with Crippen molar-refractivity contribution in [2.45, 2.75) is 32.1 Å². The van der Waals surface area contributed by atoms with Crippen molar-refractivity contribution in [2.24, 2.45) is 11.5 Å². The van der Waals surface area contributed by atoms with Gasteiger partial charge in [0.15, 0.2) is 0 Å². The summed E-state index contributed by atoms with van der Waals surface area (Å²) in [7, 11) is 0. The maximum atomic E-state index is 11.8. The van der Waals surface area contributed by atoms with Crippen LogP contribution in [0.3, 0.4) is 0 Å². The first-order valence-corrected chi connectivity index (χ1v) is 5.77. The van der Waals surface area contributed by atoms with Crippen LogP contribution in [0, 0.1) is 0 Å². The number of hydrogen-bond acceptors (Lipinski definition) is 6. The summed E-state index contributed by atoms with van der Waals surface area (Å²) in [6.45, 7) is 1.72. The zero-order valence-corrected chi connectivity index (χ0v) is 10.3. The standard InChI is InChI=1S/C10H19N5O3/c1-6(16)5-15-8(17)7(14-10(15)18)3-2-4-13-9(11)12/h7,9,13H,2-5,11-12H2,1H3,(H,14,18)/t7-/m0/s1. The molecule has 0 aromatic heterocycles. The lowest BCUT2D eigenvalue weighted by molar-refractivity contribution is -0.131. The Kier molecular flexibility index (Phi) is 5.20. The number of carbonyl (C=O) groups excluding carboxylic acids is 3. The fourth-order valence-electron chi connectivity index (χ4n) is 1.72. The Morgan fingerprint density at radius 1 is 1.50 bits per heavy atom. The highest BCUT2D eigenvalue weighted by molar-refractivity contribution is 6.06. The van der Waals surface area contributed by atoms with E-state index in [0.717, 1.165) is 4.90 Å². The smallest absolute Gasteiger partial charge is 0.325 e. The summed E-state index contributed by atoms with van der Waals surface area (Å²) >= 11 is 0. The van der Waals surface area contributed by atoms with E-state index in [1.807, 2.05) is 0 Å². The third-order valence-corrected chi connectivity index (χ3v) is 2.54. The van der Waals surface area contributed by atoms with Gasteiger partial charge >= 0.3 is 6.03 Å². The topological polar surface area (TPSA) is 131 Å². The van der Waals surface area contributed by atoms with E-state index in [-0.39, 0.29) is 18.2 Å². The molecule has 1 rings (SSSR count). The molecule has 1 atom stereocenters. The molecule has 102 valence electrons. The minimum absolute atomic E-state index is 0.174. The Bertz CT molecular complexity index is 344. The van der Waals surface area contributed by atoms with Gasteiger partial charge in [0.1, 0.15) is 18.1 Å². The number of nitrogens with two attached hydrogens (primary N) is 2. The van der Waals surface area contributed by atoms with Crippen molar-refractivity contribution in [3.05, 3.63) is 0 Å². The first-order valence-electron chi connectivity index (χ1n) is 5.77. The van der Waals surface area contributed by atoms with E-state index in [1.165, 1.54) is 6.92 Å². The summed E-state index contributed by atoms with van der Waals surface area (Å²) in [6.07, 6.45) is 0.543. The van der Waals surface area contributed by atoms with Gasteiger partial charge in [-0.05, 0) is 26.3 Å². The molecule has 0 spiro atoms. The third-order valence-electron chi connectivity index (χ3n) is 2.54. The maximum absolute atomic E-state index is 11.8. The second-order valence-electron chi connectivity index (χ2n) is 4.25. The van der Waals surface area contributed by atoms with E-state index in [9.17, 15) is 14.4 Å². The van der Waals surface area contributed by atoms with Crippen LogP contribution in [-0.2, 0) is 9.59 Å². The van der Waals surface area contributed by atoms with Gasteiger partial charge in [-0.1, -0.05) is 0 Å². The number of hydrogen-bond donors (Lipinski definition) is 4. The summed E-state index contributed by atoms with van der Waals surface area (Å²) < 4.78 is 0. The van der Waals surface area contributed by atoms with Gasteiger partial charge in [-0.2, -0.15) is 0 Å². The van der Waals surface area contributed by atoms with Crippen LogP contribution < -0.4 is 22.1 Å². The van der Waals surface area contributed by atoms with Crippen LogP contribution in [0.1, 0.15) is 19.8 Å². The predicted molar refractivity (Wildman–Crippen MR) is 64.1 cm³/mol. The molecule has 1 fully saturated rings. The Hall–Kier alpha value is -1.51. The number of nitrogens with zero attached hydrogens (tertiary/aromatic N) is 1. The van der Waals surface area contributed by atoms with Gasteiger partial charge in [-0.25, -0.2) is 4.79 Å². The van der Waals surface area contributed by atoms with Gasteiger partial charge < -0.3 is 16.8 Å². The third kappa shape index (κ3) is 4.06. The van der Waals surface area contributed by atoms with E-state index in [1.54, 1.807) is 0 Å². The second kappa shape index (κ2) is 6.43. The summed E-state index contributed by atoms with van der Waals surface area (Å²) in [5, 5.41) is 5.34. The SMILES string of the molecule is CC(=O)CN1C(=O)N[C@@H](CCCNC(N)N)C1=O. The molecule has 8 nitrogen and oxygen atoms in total. The summed E-state index contributed by atoms with van der Waals surface area (Å²) in [4.78, 5) is 35.1. The number of carbonyl (C=O) groups is 3. The molecule has 0 bridgehead atoms. The normalized spacial score (nSPS) is 19.6. The number of urea groups is 1. The largest absolute Gasteiger partial charge is 0.326 e. The molecule has 0 saturated carbocycles. The van der Waals surface area contributed by atoms with Crippen molar-refractivity contribution in [1.29, 1.82) is 0 Å². The van der Waals surface area contributed by atoms with Crippen LogP contribution in [0.5, 0.6) is 0 Å². The predicted octanol–water partition coefficient (Wildman–Crippen LogP) is -1.93. The second-order valence-corrected chi connectivity index (χ2v) is 4.25. The van der Waals surface area contributed by atoms with Gasteiger partial charge in [-0.3, -0.25) is 19.8 Å². The average Bonchev–Trinajstić information content (AvgIpc) is 2.51. The monoisotopic (exact) mass is 257 g/mol. The molecule has 0 aromatic rings. The number of amides is 3. The number of Topliss-reactive ketones (excluding diaryl/α,β-unsaturated/α-hetero) is 1. The highest BCUT2D eigenvalue weighted by Gasteiger charge is 2.37. The highest BCUT2D eigenvalue weighted by Crippen LogP contribution is 2.10. The molecule has 18 heavy (non-hydrogen) atoms. The molecule has 1 aliphatic heterocycles. The summed E-state index contributed by atoms with van der Waals surface area (Å²) in [5.41, 5.74) is 10.6. The van der Waals surface area contributed by atoms with Crippen LogP contribution in [0.25, 0.3) is 0 Å². The molecule has 0 radical (unpaired) electrons. The van der Waals surface area contributed by atoms with Gasteiger partial charge in [0.05, 0.1) is 6.54 Å². The van der Waals surface area contributed by atoms with Gasteiger partial charge in [0.25, 0.3) is 5.91 Å². The fraction of sp³-hybridized carbons (Fsp3) is 0.700. The van der Waals surface area contributed by atoms with Crippen molar-refractivity contribution in [3.63, 3.8) is 0 Å². The number of rotatable bonds is 7. The first kappa shape index (κ1) is 14.6. The lowest BCUT2D eigenvalue weighted by Crippen LogP contribution is -2.45. The van der Waals surface area contributed by atoms with E-state index in [0.29, 0.717) is 19.4 Å². The number of ketones is 1. The fourth-order valence-corrected chi connectivity index (χ4v) is 1.72. The Morgan fingerprint density at radius 3 is 2.72 bits per heavy atom. The van der Waals surface area contributed by atoms with E-state index < -0.39 is 18.4 Å². The quantitative estimate of drug-likeness (QED) is 0.238. The zero-order valence-electron chi connectivity index (χ0n) is 10.3. The molecule has 1 saturated heterocycles. The molecule has 0 unspecified atom stereocenters.